The lowest BCUT2D eigenvalue weighted by Gasteiger charge is -2.07. The van der Waals surface area contributed by atoms with Crippen LogP contribution in [0.2, 0.25) is 0 Å². The maximum atomic E-state index is 12.4. The summed E-state index contributed by atoms with van der Waals surface area (Å²) in [6.07, 6.45) is 0.558. The summed E-state index contributed by atoms with van der Waals surface area (Å²) in [5.74, 6) is 0.692. The van der Waals surface area contributed by atoms with Gasteiger partial charge in [0, 0.05) is 23.2 Å². The fourth-order valence-electron chi connectivity index (χ4n) is 3.26. The van der Waals surface area contributed by atoms with Crippen molar-refractivity contribution in [1.82, 2.24) is 15.5 Å². The van der Waals surface area contributed by atoms with Crippen LogP contribution in [0.4, 0.5) is 8.78 Å². The lowest BCUT2D eigenvalue weighted by atomic mass is 10.1. The predicted molar refractivity (Wildman–Crippen MR) is 119 cm³/mol. The Kier molecular flexibility index (Phi) is 6.73. The molecule has 4 rings (SSSR count). The topological polar surface area (TPSA) is 77.2 Å². The molecule has 1 amide bonds. The second kappa shape index (κ2) is 10.0. The van der Waals surface area contributed by atoms with Crippen LogP contribution in [0.5, 0.6) is 5.75 Å². The third-order valence-electron chi connectivity index (χ3n) is 4.93. The highest BCUT2D eigenvalue weighted by Gasteiger charge is 2.12. The van der Waals surface area contributed by atoms with E-state index < -0.39 is 6.61 Å². The fourth-order valence-corrected chi connectivity index (χ4v) is 3.26. The van der Waals surface area contributed by atoms with E-state index in [2.05, 4.69) is 20.3 Å². The molecule has 3 aromatic carbocycles. The molecule has 1 N–H and O–H groups in total. The monoisotopic (exact) mass is 449 g/mol. The number of amides is 1. The van der Waals surface area contributed by atoms with E-state index in [9.17, 15) is 13.6 Å². The van der Waals surface area contributed by atoms with Crippen molar-refractivity contribution in [3.63, 3.8) is 0 Å². The second-order valence-electron chi connectivity index (χ2n) is 7.39. The van der Waals surface area contributed by atoms with Crippen LogP contribution in [-0.4, -0.2) is 29.3 Å². The number of nitrogens with one attached hydrogen (secondary N) is 1. The SMILES string of the molecule is Cc1cccc(-c2nnc(-c3ccc(C(=O)NCCc4ccc(OC(F)F)cc4)cc3)o2)c1. The van der Waals surface area contributed by atoms with Gasteiger partial charge in [-0.1, -0.05) is 29.8 Å². The first-order valence-electron chi connectivity index (χ1n) is 10.3. The number of halogens is 2. The summed E-state index contributed by atoms with van der Waals surface area (Å²) in [7, 11) is 0. The summed E-state index contributed by atoms with van der Waals surface area (Å²) in [6.45, 7) is -0.456. The van der Waals surface area contributed by atoms with Gasteiger partial charge in [-0.3, -0.25) is 4.79 Å². The number of alkyl halides is 2. The van der Waals surface area contributed by atoms with Crippen molar-refractivity contribution in [2.45, 2.75) is 20.0 Å². The van der Waals surface area contributed by atoms with E-state index in [1.807, 2.05) is 31.2 Å². The first-order chi connectivity index (χ1) is 16.0. The lowest BCUT2D eigenvalue weighted by molar-refractivity contribution is -0.0498. The molecule has 4 aromatic rings. The molecule has 0 unspecified atom stereocenters. The largest absolute Gasteiger partial charge is 0.435 e. The van der Waals surface area contributed by atoms with Crippen molar-refractivity contribution < 1.29 is 22.7 Å². The first-order valence-corrected chi connectivity index (χ1v) is 10.3. The fraction of sp³-hybridized carbons (Fsp3) is 0.160. The molecule has 0 saturated carbocycles. The molecule has 0 atom stereocenters. The van der Waals surface area contributed by atoms with Crippen molar-refractivity contribution in [2.75, 3.05) is 6.54 Å². The number of aromatic nitrogens is 2. The Balaban J connectivity index is 1.32. The first kappa shape index (κ1) is 22.1. The average Bonchev–Trinajstić information content (AvgIpc) is 3.30. The van der Waals surface area contributed by atoms with Crippen molar-refractivity contribution in [3.05, 3.63) is 89.5 Å². The molecule has 8 heteroatoms. The smallest absolute Gasteiger partial charge is 0.387 e. The van der Waals surface area contributed by atoms with Crippen LogP contribution >= 0.6 is 0 Å². The molecule has 0 fully saturated rings. The van der Waals surface area contributed by atoms with E-state index in [1.165, 1.54) is 12.1 Å². The highest BCUT2D eigenvalue weighted by molar-refractivity contribution is 5.94. The maximum absolute atomic E-state index is 12.4. The zero-order valence-electron chi connectivity index (χ0n) is 17.8. The van der Waals surface area contributed by atoms with Gasteiger partial charge in [-0.25, -0.2) is 0 Å². The molecular weight excluding hydrogens is 428 g/mol. The van der Waals surface area contributed by atoms with Crippen molar-refractivity contribution in [1.29, 1.82) is 0 Å². The van der Waals surface area contributed by atoms with Gasteiger partial charge in [0.1, 0.15) is 5.75 Å². The molecule has 1 heterocycles. The molecule has 0 aliphatic rings. The van der Waals surface area contributed by atoms with E-state index in [-0.39, 0.29) is 11.7 Å². The van der Waals surface area contributed by atoms with Gasteiger partial charge in [0.15, 0.2) is 0 Å². The standard InChI is InChI=1S/C25H21F2N3O3/c1-16-3-2-4-20(15-16)24-30-29-23(33-24)19-9-7-18(8-10-19)22(31)28-14-13-17-5-11-21(12-6-17)32-25(26)27/h2-12,15,25H,13-14H2,1H3,(H,28,31). The number of hydrogen-bond donors (Lipinski definition) is 1. The average molecular weight is 449 g/mol. The maximum Gasteiger partial charge on any atom is 0.387 e. The Morgan fingerprint density at radius 1 is 0.970 bits per heavy atom. The molecule has 0 bridgehead atoms. The van der Waals surface area contributed by atoms with E-state index in [4.69, 9.17) is 4.42 Å². The van der Waals surface area contributed by atoms with Crippen LogP contribution < -0.4 is 10.1 Å². The van der Waals surface area contributed by atoms with Crippen molar-refractivity contribution in [2.24, 2.45) is 0 Å². The second-order valence-corrected chi connectivity index (χ2v) is 7.39. The predicted octanol–water partition coefficient (Wildman–Crippen LogP) is 5.29. The highest BCUT2D eigenvalue weighted by atomic mass is 19.3. The van der Waals surface area contributed by atoms with Gasteiger partial charge in [-0.15, -0.1) is 10.2 Å². The quantitative estimate of drug-likeness (QED) is 0.396. The van der Waals surface area contributed by atoms with Gasteiger partial charge in [-0.2, -0.15) is 8.78 Å². The van der Waals surface area contributed by atoms with Gasteiger partial charge in [0.25, 0.3) is 5.91 Å². The van der Waals surface area contributed by atoms with Crippen molar-refractivity contribution in [3.8, 4) is 28.7 Å². The number of aryl methyl sites for hydroxylation is 1. The summed E-state index contributed by atoms with van der Waals surface area (Å²) in [6, 6.07) is 21.0. The van der Waals surface area contributed by atoms with Crippen LogP contribution in [0.25, 0.3) is 22.9 Å². The van der Waals surface area contributed by atoms with E-state index in [0.717, 1.165) is 16.7 Å². The van der Waals surface area contributed by atoms with Gasteiger partial charge in [0.2, 0.25) is 11.8 Å². The Bertz CT molecular complexity index is 1220. The number of ether oxygens (including phenoxy) is 1. The molecule has 33 heavy (non-hydrogen) atoms. The summed E-state index contributed by atoms with van der Waals surface area (Å²) >= 11 is 0. The molecular formula is C25H21F2N3O3. The molecule has 6 nitrogen and oxygen atoms in total. The number of carbonyl (C=O) groups is 1. The van der Waals surface area contributed by atoms with Crippen LogP contribution in [0.15, 0.2) is 77.2 Å². The third-order valence-corrected chi connectivity index (χ3v) is 4.93. The van der Waals surface area contributed by atoms with Crippen LogP contribution in [-0.2, 0) is 6.42 Å². The van der Waals surface area contributed by atoms with Gasteiger partial charge >= 0.3 is 6.61 Å². The summed E-state index contributed by atoms with van der Waals surface area (Å²) in [5.41, 5.74) is 4.05. The molecule has 0 aliphatic carbocycles. The minimum Gasteiger partial charge on any atom is -0.435 e. The molecule has 1 aromatic heterocycles. The Morgan fingerprint density at radius 2 is 1.67 bits per heavy atom. The summed E-state index contributed by atoms with van der Waals surface area (Å²) in [5, 5.41) is 11.1. The zero-order valence-corrected chi connectivity index (χ0v) is 17.8. The van der Waals surface area contributed by atoms with Gasteiger partial charge in [-0.05, 0) is 67.4 Å². The Morgan fingerprint density at radius 3 is 2.33 bits per heavy atom. The molecule has 0 aliphatic heterocycles. The van der Waals surface area contributed by atoms with Gasteiger partial charge < -0.3 is 14.5 Å². The zero-order chi connectivity index (χ0) is 23.2. The van der Waals surface area contributed by atoms with Crippen LogP contribution in [0, 0.1) is 6.92 Å². The summed E-state index contributed by atoms with van der Waals surface area (Å²) in [4.78, 5) is 12.4. The van der Waals surface area contributed by atoms with E-state index >= 15 is 0 Å². The number of hydrogen-bond acceptors (Lipinski definition) is 5. The number of benzene rings is 3. The minimum absolute atomic E-state index is 0.102. The van der Waals surface area contributed by atoms with Crippen molar-refractivity contribution >= 4 is 5.91 Å². The number of rotatable bonds is 8. The van der Waals surface area contributed by atoms with Crippen LogP contribution in [0.1, 0.15) is 21.5 Å². The number of nitrogens with zero attached hydrogens (tertiary/aromatic N) is 2. The Labute approximate surface area is 189 Å². The minimum atomic E-state index is -2.85. The third kappa shape index (κ3) is 5.79. The molecule has 0 saturated heterocycles. The molecule has 0 radical (unpaired) electrons. The van der Waals surface area contributed by atoms with Crippen LogP contribution in [0.3, 0.4) is 0 Å². The highest BCUT2D eigenvalue weighted by Crippen LogP contribution is 2.24. The molecule has 168 valence electrons. The van der Waals surface area contributed by atoms with E-state index in [0.29, 0.717) is 35.9 Å². The molecule has 0 spiro atoms. The number of carbonyl (C=O) groups excluding carboxylic acids is 1. The normalized spacial score (nSPS) is 10.9. The van der Waals surface area contributed by atoms with E-state index in [1.54, 1.807) is 36.4 Å². The van der Waals surface area contributed by atoms with Gasteiger partial charge in [0.05, 0.1) is 0 Å². The summed E-state index contributed by atoms with van der Waals surface area (Å²) < 4.78 is 34.5. The Hall–Kier alpha value is -4.07. The lowest BCUT2D eigenvalue weighted by Crippen LogP contribution is -2.25.